The lowest BCUT2D eigenvalue weighted by molar-refractivity contribution is -0.116. The number of alkyl halides is 1. The van der Waals surface area contributed by atoms with E-state index in [1.807, 2.05) is 19.1 Å². The molecule has 0 saturated heterocycles. The predicted molar refractivity (Wildman–Crippen MR) is 127 cm³/mol. The van der Waals surface area contributed by atoms with E-state index in [-0.39, 0.29) is 23.1 Å². The highest BCUT2D eigenvalue weighted by Gasteiger charge is 2.48. The molecule has 2 aromatic carbocycles. The summed E-state index contributed by atoms with van der Waals surface area (Å²) in [5.41, 5.74) is 15.6. The fourth-order valence-electron chi connectivity index (χ4n) is 3.77. The number of carbonyl (C=O) groups is 2. The van der Waals surface area contributed by atoms with Crippen molar-refractivity contribution in [3.05, 3.63) is 53.9 Å². The fourth-order valence-corrected chi connectivity index (χ4v) is 3.91. The van der Waals surface area contributed by atoms with Crippen LogP contribution < -0.4 is 16.8 Å². The SMILES string of the molecule is Cc1ccc2[nH]ncc2c1-c1nc(-c2ccccc2NC(=O)C2(Cl)CC2)nc(C(N)=O)c1N. The predicted octanol–water partition coefficient (Wildman–Crippen LogP) is 3.39. The molecule has 1 saturated carbocycles. The van der Waals surface area contributed by atoms with E-state index in [0.29, 0.717) is 35.3 Å². The average Bonchev–Trinajstić information content (AvgIpc) is 3.37. The number of hydrogen-bond donors (Lipinski definition) is 4. The second-order valence-electron chi connectivity index (χ2n) is 8.08. The average molecular weight is 462 g/mol. The molecule has 2 heterocycles. The van der Waals surface area contributed by atoms with E-state index in [1.165, 1.54) is 0 Å². The monoisotopic (exact) mass is 461 g/mol. The van der Waals surface area contributed by atoms with Crippen molar-refractivity contribution < 1.29 is 9.59 Å². The molecule has 4 aromatic rings. The molecular formula is C23H20ClN7O2. The minimum Gasteiger partial charge on any atom is -0.395 e. The fraction of sp³-hybridized carbons (Fsp3) is 0.174. The summed E-state index contributed by atoms with van der Waals surface area (Å²) in [6, 6.07) is 10.8. The van der Waals surface area contributed by atoms with Gasteiger partial charge in [0.1, 0.15) is 4.87 Å². The van der Waals surface area contributed by atoms with Crippen molar-refractivity contribution in [2.24, 2.45) is 5.73 Å². The lowest BCUT2D eigenvalue weighted by Crippen LogP contribution is -2.25. The van der Waals surface area contributed by atoms with Gasteiger partial charge in [0.25, 0.3) is 5.91 Å². The molecule has 0 bridgehead atoms. The van der Waals surface area contributed by atoms with E-state index < -0.39 is 10.8 Å². The number of carbonyl (C=O) groups excluding carboxylic acids is 2. The number of primary amides is 1. The Morgan fingerprint density at radius 3 is 2.64 bits per heavy atom. The van der Waals surface area contributed by atoms with Gasteiger partial charge in [0.15, 0.2) is 11.5 Å². The number of nitrogens with two attached hydrogens (primary N) is 2. The van der Waals surface area contributed by atoms with Crippen molar-refractivity contribution >= 4 is 45.7 Å². The number of H-pyrrole nitrogens is 1. The van der Waals surface area contributed by atoms with Gasteiger partial charge in [0, 0.05) is 16.5 Å². The normalized spacial score (nSPS) is 14.2. The van der Waals surface area contributed by atoms with Gasteiger partial charge in [0.2, 0.25) is 5.91 Å². The number of fused-ring (bicyclic) bond motifs is 1. The molecule has 2 aromatic heterocycles. The largest absolute Gasteiger partial charge is 0.395 e. The molecule has 6 N–H and O–H groups in total. The number of rotatable bonds is 5. The van der Waals surface area contributed by atoms with Crippen molar-refractivity contribution in [3.8, 4) is 22.6 Å². The smallest absolute Gasteiger partial charge is 0.269 e. The number of anilines is 2. The van der Waals surface area contributed by atoms with Crippen LogP contribution in [-0.4, -0.2) is 36.9 Å². The van der Waals surface area contributed by atoms with Gasteiger partial charge in [-0.15, -0.1) is 11.6 Å². The number of amides is 2. The first-order chi connectivity index (χ1) is 15.8. The van der Waals surface area contributed by atoms with E-state index >= 15 is 0 Å². The Hall–Kier alpha value is -3.98. The highest BCUT2D eigenvalue weighted by atomic mass is 35.5. The molecule has 166 valence electrons. The molecule has 0 radical (unpaired) electrons. The van der Waals surface area contributed by atoms with Crippen LogP contribution in [0.4, 0.5) is 11.4 Å². The zero-order valence-electron chi connectivity index (χ0n) is 17.6. The minimum absolute atomic E-state index is 0.0715. The second kappa shape index (κ2) is 7.56. The Morgan fingerprint density at radius 2 is 1.91 bits per heavy atom. The van der Waals surface area contributed by atoms with Crippen LogP contribution in [-0.2, 0) is 4.79 Å². The second-order valence-corrected chi connectivity index (χ2v) is 8.80. The summed E-state index contributed by atoms with van der Waals surface area (Å²) in [5, 5.41) is 10.7. The van der Waals surface area contributed by atoms with Gasteiger partial charge >= 0.3 is 0 Å². The zero-order chi connectivity index (χ0) is 23.3. The quantitative estimate of drug-likeness (QED) is 0.334. The van der Waals surface area contributed by atoms with Crippen LogP contribution in [0, 0.1) is 6.92 Å². The maximum Gasteiger partial charge on any atom is 0.269 e. The van der Waals surface area contributed by atoms with Crippen LogP contribution in [0.1, 0.15) is 28.9 Å². The van der Waals surface area contributed by atoms with Crippen LogP contribution in [0.5, 0.6) is 0 Å². The summed E-state index contributed by atoms with van der Waals surface area (Å²) >= 11 is 6.27. The van der Waals surface area contributed by atoms with E-state index in [9.17, 15) is 9.59 Å². The molecule has 5 rings (SSSR count). The number of para-hydroxylation sites is 1. The van der Waals surface area contributed by atoms with Crippen molar-refractivity contribution in [1.29, 1.82) is 0 Å². The molecule has 0 unspecified atom stereocenters. The Balaban J connectivity index is 1.72. The van der Waals surface area contributed by atoms with Crippen molar-refractivity contribution in [3.63, 3.8) is 0 Å². The van der Waals surface area contributed by atoms with Crippen molar-refractivity contribution in [2.75, 3.05) is 11.1 Å². The van der Waals surface area contributed by atoms with Crippen LogP contribution in [0.25, 0.3) is 33.5 Å². The van der Waals surface area contributed by atoms with Crippen LogP contribution in [0.2, 0.25) is 0 Å². The lowest BCUT2D eigenvalue weighted by Gasteiger charge is -2.16. The summed E-state index contributed by atoms with van der Waals surface area (Å²) in [6.07, 6.45) is 2.91. The topological polar surface area (TPSA) is 153 Å². The molecule has 2 amide bonds. The molecule has 33 heavy (non-hydrogen) atoms. The Kier molecular flexibility index (Phi) is 4.79. The van der Waals surface area contributed by atoms with Gasteiger partial charge < -0.3 is 16.8 Å². The van der Waals surface area contributed by atoms with Crippen LogP contribution >= 0.6 is 11.6 Å². The summed E-state index contributed by atoms with van der Waals surface area (Å²) in [7, 11) is 0. The molecule has 10 heteroatoms. The zero-order valence-corrected chi connectivity index (χ0v) is 18.4. The van der Waals surface area contributed by atoms with Crippen LogP contribution in [0.15, 0.2) is 42.6 Å². The Morgan fingerprint density at radius 1 is 1.15 bits per heavy atom. The van der Waals surface area contributed by atoms with Crippen molar-refractivity contribution in [1.82, 2.24) is 20.2 Å². The number of hydrogen-bond acceptors (Lipinski definition) is 6. The Labute approximate surface area is 193 Å². The molecule has 9 nitrogen and oxygen atoms in total. The number of halogens is 1. The van der Waals surface area contributed by atoms with Gasteiger partial charge in [0.05, 0.1) is 28.8 Å². The minimum atomic E-state index is -0.882. The lowest BCUT2D eigenvalue weighted by atomic mass is 9.99. The maximum absolute atomic E-state index is 12.6. The first-order valence-corrected chi connectivity index (χ1v) is 10.7. The Bertz CT molecular complexity index is 1440. The first-order valence-electron chi connectivity index (χ1n) is 10.3. The first kappa shape index (κ1) is 20.9. The van der Waals surface area contributed by atoms with Crippen molar-refractivity contribution in [2.45, 2.75) is 24.6 Å². The molecule has 0 aliphatic heterocycles. The van der Waals surface area contributed by atoms with Crippen LogP contribution in [0.3, 0.4) is 0 Å². The molecule has 1 fully saturated rings. The molecular weight excluding hydrogens is 442 g/mol. The van der Waals surface area contributed by atoms with E-state index in [1.54, 1.807) is 30.5 Å². The third-order valence-electron chi connectivity index (χ3n) is 5.76. The molecule has 0 atom stereocenters. The number of aryl methyl sites for hydroxylation is 1. The van der Waals surface area contributed by atoms with E-state index in [4.69, 9.17) is 28.1 Å². The van der Waals surface area contributed by atoms with Gasteiger partial charge in [-0.2, -0.15) is 5.10 Å². The third kappa shape index (κ3) is 3.56. The highest BCUT2D eigenvalue weighted by Crippen LogP contribution is 2.44. The van der Waals surface area contributed by atoms with Gasteiger partial charge in [-0.1, -0.05) is 18.2 Å². The summed E-state index contributed by atoms with van der Waals surface area (Å²) in [6.45, 7) is 1.91. The number of nitrogen functional groups attached to an aromatic ring is 1. The molecule has 0 spiro atoms. The molecule has 1 aliphatic carbocycles. The number of nitrogens with one attached hydrogen (secondary N) is 2. The summed E-state index contributed by atoms with van der Waals surface area (Å²) in [5.74, 6) is -0.877. The number of benzene rings is 2. The summed E-state index contributed by atoms with van der Waals surface area (Å²) in [4.78, 5) is 33.0. The van der Waals surface area contributed by atoms with E-state index in [0.717, 1.165) is 16.5 Å². The van der Waals surface area contributed by atoms with E-state index in [2.05, 4.69) is 20.5 Å². The van der Waals surface area contributed by atoms with Gasteiger partial charge in [-0.3, -0.25) is 14.7 Å². The van der Waals surface area contributed by atoms with Gasteiger partial charge in [-0.05, 0) is 43.5 Å². The maximum atomic E-state index is 12.6. The third-order valence-corrected chi connectivity index (χ3v) is 6.31. The number of aromatic nitrogens is 4. The standard InChI is InChI=1S/C23H20ClN7O2/c1-11-6-7-15-13(10-27-31-15)16(11)18-17(25)19(20(26)32)30-21(29-18)12-4-2-3-5-14(12)28-22(33)23(24)8-9-23/h2-7,10H,8-9,25H2,1H3,(H2,26,32)(H,27,31)(H,28,33). The number of aromatic amines is 1. The number of nitrogens with zero attached hydrogens (tertiary/aromatic N) is 3. The molecule has 1 aliphatic rings. The van der Waals surface area contributed by atoms with Gasteiger partial charge in [-0.25, -0.2) is 9.97 Å². The summed E-state index contributed by atoms with van der Waals surface area (Å²) < 4.78 is 0. The highest BCUT2D eigenvalue weighted by molar-refractivity contribution is 6.39.